The molecule has 0 spiro atoms. The standard InChI is InChI=1S/C16H18N2O2/c1-17-11-12-6-5-7-13(10-12)18-16(19)14-8-3-4-9-15(14)20-2/h3-10,17H,11H2,1-2H3,(H,18,19). The summed E-state index contributed by atoms with van der Waals surface area (Å²) in [5, 5.41) is 5.97. The topological polar surface area (TPSA) is 50.4 Å². The fourth-order valence-corrected chi connectivity index (χ4v) is 1.99. The lowest BCUT2D eigenvalue weighted by molar-refractivity contribution is 0.102. The van der Waals surface area contributed by atoms with E-state index < -0.39 is 0 Å². The van der Waals surface area contributed by atoms with Gasteiger partial charge < -0.3 is 15.4 Å². The maximum Gasteiger partial charge on any atom is 0.259 e. The Kier molecular flexibility index (Phi) is 4.74. The number of rotatable bonds is 5. The lowest BCUT2D eigenvalue weighted by Gasteiger charge is -2.10. The SMILES string of the molecule is CNCc1cccc(NC(=O)c2ccccc2OC)c1. The van der Waals surface area contributed by atoms with Crippen molar-refractivity contribution in [3.05, 3.63) is 59.7 Å². The summed E-state index contributed by atoms with van der Waals surface area (Å²) in [6.07, 6.45) is 0. The van der Waals surface area contributed by atoms with Gasteiger partial charge in [0.05, 0.1) is 12.7 Å². The van der Waals surface area contributed by atoms with Gasteiger partial charge in [0.2, 0.25) is 0 Å². The zero-order valence-electron chi connectivity index (χ0n) is 11.6. The van der Waals surface area contributed by atoms with Gasteiger partial charge in [-0.05, 0) is 36.9 Å². The Morgan fingerprint density at radius 1 is 1.15 bits per heavy atom. The average molecular weight is 270 g/mol. The minimum absolute atomic E-state index is 0.177. The second-order valence-corrected chi connectivity index (χ2v) is 4.39. The molecule has 0 atom stereocenters. The molecule has 0 saturated carbocycles. The van der Waals surface area contributed by atoms with E-state index in [1.807, 2.05) is 43.4 Å². The van der Waals surface area contributed by atoms with Crippen LogP contribution in [0.1, 0.15) is 15.9 Å². The van der Waals surface area contributed by atoms with Crippen molar-refractivity contribution in [1.29, 1.82) is 0 Å². The Morgan fingerprint density at radius 3 is 2.70 bits per heavy atom. The molecule has 0 fully saturated rings. The van der Waals surface area contributed by atoms with Crippen molar-refractivity contribution < 1.29 is 9.53 Å². The second-order valence-electron chi connectivity index (χ2n) is 4.39. The average Bonchev–Trinajstić information content (AvgIpc) is 2.48. The van der Waals surface area contributed by atoms with E-state index in [2.05, 4.69) is 10.6 Å². The fraction of sp³-hybridized carbons (Fsp3) is 0.188. The van der Waals surface area contributed by atoms with Gasteiger partial charge in [0.15, 0.2) is 0 Å². The van der Waals surface area contributed by atoms with E-state index in [0.717, 1.165) is 17.8 Å². The van der Waals surface area contributed by atoms with Crippen LogP contribution in [0.25, 0.3) is 0 Å². The largest absolute Gasteiger partial charge is 0.496 e. The summed E-state index contributed by atoms with van der Waals surface area (Å²) in [4.78, 5) is 12.3. The first-order chi connectivity index (χ1) is 9.74. The third-order valence-electron chi connectivity index (χ3n) is 2.92. The van der Waals surface area contributed by atoms with Crippen LogP contribution in [0, 0.1) is 0 Å². The predicted molar refractivity (Wildman–Crippen MR) is 80.2 cm³/mol. The number of anilines is 1. The van der Waals surface area contributed by atoms with Crippen LogP contribution in [0.15, 0.2) is 48.5 Å². The highest BCUT2D eigenvalue weighted by Crippen LogP contribution is 2.19. The molecular weight excluding hydrogens is 252 g/mol. The molecule has 4 heteroatoms. The first-order valence-electron chi connectivity index (χ1n) is 6.42. The third-order valence-corrected chi connectivity index (χ3v) is 2.92. The quantitative estimate of drug-likeness (QED) is 0.878. The number of para-hydroxylation sites is 1. The minimum Gasteiger partial charge on any atom is -0.496 e. The summed E-state index contributed by atoms with van der Waals surface area (Å²) in [5.41, 5.74) is 2.41. The molecule has 0 aromatic heterocycles. The molecule has 0 unspecified atom stereocenters. The minimum atomic E-state index is -0.177. The maximum absolute atomic E-state index is 12.3. The van der Waals surface area contributed by atoms with Gasteiger partial charge in [0, 0.05) is 12.2 Å². The normalized spacial score (nSPS) is 10.1. The molecule has 2 N–H and O–H groups in total. The molecule has 1 amide bonds. The predicted octanol–water partition coefficient (Wildman–Crippen LogP) is 2.67. The molecule has 0 bridgehead atoms. The number of amides is 1. The molecule has 20 heavy (non-hydrogen) atoms. The van der Waals surface area contributed by atoms with Crippen LogP contribution < -0.4 is 15.4 Å². The summed E-state index contributed by atoms with van der Waals surface area (Å²) < 4.78 is 5.20. The Bertz CT molecular complexity index is 597. The summed E-state index contributed by atoms with van der Waals surface area (Å²) >= 11 is 0. The summed E-state index contributed by atoms with van der Waals surface area (Å²) in [5.74, 6) is 0.389. The summed E-state index contributed by atoms with van der Waals surface area (Å²) in [6, 6.07) is 14.9. The summed E-state index contributed by atoms with van der Waals surface area (Å²) in [6.45, 7) is 0.762. The number of carbonyl (C=O) groups excluding carboxylic acids is 1. The van der Waals surface area contributed by atoms with E-state index in [-0.39, 0.29) is 5.91 Å². The highest BCUT2D eigenvalue weighted by Gasteiger charge is 2.11. The van der Waals surface area contributed by atoms with Crippen LogP contribution in [0.4, 0.5) is 5.69 Å². The van der Waals surface area contributed by atoms with Crippen molar-refractivity contribution >= 4 is 11.6 Å². The van der Waals surface area contributed by atoms with Gasteiger partial charge in [-0.1, -0.05) is 24.3 Å². The number of hydrogen-bond acceptors (Lipinski definition) is 3. The van der Waals surface area contributed by atoms with Crippen LogP contribution in [0.2, 0.25) is 0 Å². The lowest BCUT2D eigenvalue weighted by Crippen LogP contribution is -2.13. The second kappa shape index (κ2) is 6.73. The molecule has 2 aromatic rings. The molecule has 0 aliphatic rings. The number of carbonyl (C=O) groups is 1. The van der Waals surface area contributed by atoms with E-state index >= 15 is 0 Å². The zero-order valence-corrected chi connectivity index (χ0v) is 11.6. The summed E-state index contributed by atoms with van der Waals surface area (Å²) in [7, 11) is 3.44. The molecule has 2 rings (SSSR count). The van der Waals surface area contributed by atoms with Gasteiger partial charge in [-0.15, -0.1) is 0 Å². The van der Waals surface area contributed by atoms with Crippen LogP contribution >= 0.6 is 0 Å². The number of hydrogen-bond donors (Lipinski definition) is 2. The van der Waals surface area contributed by atoms with Crippen molar-refractivity contribution in [3.63, 3.8) is 0 Å². The van der Waals surface area contributed by atoms with Crippen molar-refractivity contribution in [2.24, 2.45) is 0 Å². The van der Waals surface area contributed by atoms with E-state index in [4.69, 9.17) is 4.74 Å². The van der Waals surface area contributed by atoms with Crippen molar-refractivity contribution in [2.45, 2.75) is 6.54 Å². The molecule has 104 valence electrons. The van der Waals surface area contributed by atoms with Crippen molar-refractivity contribution in [1.82, 2.24) is 5.32 Å². The highest BCUT2D eigenvalue weighted by atomic mass is 16.5. The van der Waals surface area contributed by atoms with E-state index in [9.17, 15) is 4.79 Å². The molecule has 0 aliphatic heterocycles. The third kappa shape index (κ3) is 3.36. The van der Waals surface area contributed by atoms with E-state index in [1.165, 1.54) is 0 Å². The van der Waals surface area contributed by atoms with Crippen LogP contribution in [-0.2, 0) is 6.54 Å². The Labute approximate surface area is 118 Å². The molecular formula is C16H18N2O2. The van der Waals surface area contributed by atoms with Crippen LogP contribution in [-0.4, -0.2) is 20.1 Å². The molecule has 0 radical (unpaired) electrons. The van der Waals surface area contributed by atoms with Gasteiger partial charge in [-0.25, -0.2) is 0 Å². The number of methoxy groups -OCH3 is 1. The number of ether oxygens (including phenoxy) is 1. The molecule has 0 aliphatic carbocycles. The van der Waals surface area contributed by atoms with Gasteiger partial charge >= 0.3 is 0 Å². The van der Waals surface area contributed by atoms with Crippen molar-refractivity contribution in [2.75, 3.05) is 19.5 Å². The van der Waals surface area contributed by atoms with Gasteiger partial charge in [0.1, 0.15) is 5.75 Å². The smallest absolute Gasteiger partial charge is 0.259 e. The Morgan fingerprint density at radius 2 is 1.95 bits per heavy atom. The van der Waals surface area contributed by atoms with E-state index in [1.54, 1.807) is 19.2 Å². The molecule has 2 aromatic carbocycles. The van der Waals surface area contributed by atoms with Crippen molar-refractivity contribution in [3.8, 4) is 5.75 Å². The van der Waals surface area contributed by atoms with Gasteiger partial charge in [-0.2, -0.15) is 0 Å². The molecule has 0 saturated heterocycles. The molecule has 0 heterocycles. The molecule has 4 nitrogen and oxygen atoms in total. The maximum atomic E-state index is 12.3. The first-order valence-corrected chi connectivity index (χ1v) is 6.42. The first kappa shape index (κ1) is 14.1. The Balaban J connectivity index is 2.17. The highest BCUT2D eigenvalue weighted by molar-refractivity contribution is 6.06. The number of nitrogens with one attached hydrogen (secondary N) is 2. The fourth-order valence-electron chi connectivity index (χ4n) is 1.99. The van der Waals surface area contributed by atoms with Gasteiger partial charge in [-0.3, -0.25) is 4.79 Å². The number of benzene rings is 2. The van der Waals surface area contributed by atoms with E-state index in [0.29, 0.717) is 11.3 Å². The van der Waals surface area contributed by atoms with Gasteiger partial charge in [0.25, 0.3) is 5.91 Å². The zero-order chi connectivity index (χ0) is 14.4. The Hall–Kier alpha value is -2.33. The van der Waals surface area contributed by atoms with Crippen LogP contribution in [0.5, 0.6) is 5.75 Å². The lowest BCUT2D eigenvalue weighted by atomic mass is 10.1. The van der Waals surface area contributed by atoms with Crippen LogP contribution in [0.3, 0.4) is 0 Å². The monoisotopic (exact) mass is 270 g/mol.